The van der Waals surface area contributed by atoms with Gasteiger partial charge in [-0.1, -0.05) is 49.2 Å². The maximum Gasteiger partial charge on any atom is 0.278 e. The molecule has 0 atom stereocenters. The van der Waals surface area contributed by atoms with Crippen molar-refractivity contribution in [2.24, 2.45) is 5.41 Å². The Kier molecular flexibility index (Phi) is 7.75. The Morgan fingerprint density at radius 1 is 1.07 bits per heavy atom. The summed E-state index contributed by atoms with van der Waals surface area (Å²) in [4.78, 5) is 24.8. The number of rotatable bonds is 7. The zero-order chi connectivity index (χ0) is 29.3. The summed E-state index contributed by atoms with van der Waals surface area (Å²) < 4.78 is 6.15. The van der Waals surface area contributed by atoms with Crippen molar-refractivity contribution in [1.29, 1.82) is 0 Å². The Morgan fingerprint density at radius 2 is 1.86 bits per heavy atom. The van der Waals surface area contributed by atoms with Crippen LogP contribution in [0.5, 0.6) is 11.5 Å². The number of aryl methyl sites for hydroxylation is 1. The number of H-pyrrole nitrogens is 1. The number of fused-ring (bicyclic) bond motifs is 1. The van der Waals surface area contributed by atoms with E-state index in [1.165, 1.54) is 23.1 Å². The summed E-state index contributed by atoms with van der Waals surface area (Å²) in [5.74, 6) is 0.269. The number of benzene rings is 2. The van der Waals surface area contributed by atoms with Gasteiger partial charge in [0.1, 0.15) is 17.1 Å². The Labute approximate surface area is 247 Å². The summed E-state index contributed by atoms with van der Waals surface area (Å²) in [6.07, 6.45) is 6.93. The van der Waals surface area contributed by atoms with Crippen LogP contribution in [0.4, 0.5) is 5.69 Å². The number of hydroxylamine groups is 1. The molecule has 42 heavy (non-hydrogen) atoms. The van der Waals surface area contributed by atoms with Gasteiger partial charge in [-0.05, 0) is 67.0 Å². The fourth-order valence-corrected chi connectivity index (χ4v) is 6.14. The average molecular weight is 566 g/mol. The molecule has 2 aromatic carbocycles. The van der Waals surface area contributed by atoms with E-state index in [-0.39, 0.29) is 5.56 Å². The number of nitrogens with zero attached hydrogens (tertiary/aromatic N) is 3. The van der Waals surface area contributed by atoms with Crippen LogP contribution in [-0.2, 0) is 0 Å². The van der Waals surface area contributed by atoms with Crippen LogP contribution in [0.25, 0.3) is 16.6 Å². The van der Waals surface area contributed by atoms with Gasteiger partial charge in [0.05, 0.1) is 11.8 Å². The molecule has 8 nitrogen and oxygen atoms in total. The number of aromatic amines is 1. The lowest BCUT2D eigenvalue weighted by atomic mass is 9.72. The first kappa shape index (κ1) is 28.0. The molecule has 2 aliphatic rings. The highest BCUT2D eigenvalue weighted by Crippen LogP contribution is 2.43. The Hall–Kier alpha value is -4.14. The third-order valence-electron chi connectivity index (χ3n) is 8.65. The van der Waals surface area contributed by atoms with Crippen LogP contribution in [0.1, 0.15) is 54.6 Å². The Balaban J connectivity index is 1.18. The summed E-state index contributed by atoms with van der Waals surface area (Å²) in [6, 6.07) is 18.3. The highest BCUT2D eigenvalue weighted by atomic mass is 16.5. The predicted molar refractivity (Wildman–Crippen MR) is 166 cm³/mol. The minimum absolute atomic E-state index is 0.254. The van der Waals surface area contributed by atoms with E-state index in [1.807, 2.05) is 30.5 Å². The molecule has 8 heteroatoms. The average Bonchev–Trinajstić information content (AvgIpc) is 3.46. The van der Waals surface area contributed by atoms with Gasteiger partial charge in [-0.25, -0.2) is 10.5 Å². The van der Waals surface area contributed by atoms with Gasteiger partial charge in [-0.2, -0.15) is 0 Å². The Morgan fingerprint density at radius 3 is 2.62 bits per heavy atom. The maximum absolute atomic E-state index is 12.4. The number of hydrogen-bond donors (Lipinski definition) is 3. The number of hydrogen-bond acceptors (Lipinski definition) is 6. The molecule has 1 aliphatic carbocycles. The lowest BCUT2D eigenvalue weighted by Gasteiger charge is -2.39. The number of allylic oxidation sites excluding steroid dienone is 1. The highest BCUT2D eigenvalue weighted by Gasteiger charge is 2.29. The monoisotopic (exact) mass is 565 g/mol. The van der Waals surface area contributed by atoms with Crippen molar-refractivity contribution in [3.63, 3.8) is 0 Å². The maximum atomic E-state index is 12.4. The Bertz CT molecular complexity index is 1610. The molecule has 4 aromatic rings. The number of amides is 1. The lowest BCUT2D eigenvalue weighted by Crippen LogP contribution is -2.47. The van der Waals surface area contributed by atoms with Gasteiger partial charge in [0.15, 0.2) is 0 Å². The van der Waals surface area contributed by atoms with Gasteiger partial charge in [0.2, 0.25) is 0 Å². The molecule has 0 unspecified atom stereocenters. The van der Waals surface area contributed by atoms with Crippen molar-refractivity contribution in [2.45, 2.75) is 40.0 Å². The SMILES string of the molecule is Cc1ccc(C2=C(CN3CCN(c4ccc(C(=O)NO)c(Oc5cnc6[nH]ccc6c5)c4)CC3)CCC(C)(C)C2)cc1. The smallest absolute Gasteiger partial charge is 0.278 e. The van der Waals surface area contributed by atoms with Crippen LogP contribution in [0.15, 0.2) is 72.6 Å². The summed E-state index contributed by atoms with van der Waals surface area (Å²) in [5.41, 5.74) is 9.83. The van der Waals surface area contributed by atoms with E-state index in [4.69, 9.17) is 4.74 Å². The first-order valence-corrected chi connectivity index (χ1v) is 14.7. The van der Waals surface area contributed by atoms with Crippen molar-refractivity contribution in [3.8, 4) is 11.5 Å². The normalized spacial score (nSPS) is 17.5. The molecular weight excluding hydrogens is 526 g/mol. The van der Waals surface area contributed by atoms with Gasteiger partial charge in [0, 0.05) is 56.1 Å². The minimum atomic E-state index is -0.620. The summed E-state index contributed by atoms with van der Waals surface area (Å²) in [5, 5.41) is 10.2. The molecule has 3 N–H and O–H groups in total. The van der Waals surface area contributed by atoms with E-state index in [9.17, 15) is 10.0 Å². The van der Waals surface area contributed by atoms with Crippen molar-refractivity contribution in [1.82, 2.24) is 20.3 Å². The number of anilines is 1. The highest BCUT2D eigenvalue weighted by molar-refractivity contribution is 5.97. The van der Waals surface area contributed by atoms with E-state index >= 15 is 0 Å². The molecule has 218 valence electrons. The van der Waals surface area contributed by atoms with E-state index in [0.29, 0.717) is 16.9 Å². The van der Waals surface area contributed by atoms with Crippen LogP contribution < -0.4 is 15.1 Å². The van der Waals surface area contributed by atoms with Crippen molar-refractivity contribution < 1.29 is 14.7 Å². The zero-order valence-corrected chi connectivity index (χ0v) is 24.6. The molecule has 0 radical (unpaired) electrons. The summed E-state index contributed by atoms with van der Waals surface area (Å²) >= 11 is 0. The van der Waals surface area contributed by atoms with Crippen molar-refractivity contribution in [2.75, 3.05) is 37.6 Å². The number of carbonyl (C=O) groups excluding carboxylic acids is 1. The molecule has 0 saturated carbocycles. The van der Waals surface area contributed by atoms with Gasteiger partial charge in [0.25, 0.3) is 5.91 Å². The van der Waals surface area contributed by atoms with Gasteiger partial charge >= 0.3 is 0 Å². The van der Waals surface area contributed by atoms with E-state index in [1.54, 1.807) is 23.3 Å². The molecule has 2 aromatic heterocycles. The summed E-state index contributed by atoms with van der Waals surface area (Å²) in [7, 11) is 0. The second-order valence-corrected chi connectivity index (χ2v) is 12.4. The van der Waals surface area contributed by atoms with Crippen LogP contribution in [0.3, 0.4) is 0 Å². The van der Waals surface area contributed by atoms with Gasteiger partial charge in [-0.3, -0.25) is 14.9 Å². The molecule has 0 spiro atoms. The van der Waals surface area contributed by atoms with Crippen LogP contribution in [0.2, 0.25) is 0 Å². The third-order valence-corrected chi connectivity index (χ3v) is 8.65. The second-order valence-electron chi connectivity index (χ2n) is 12.4. The number of pyridine rings is 1. The van der Waals surface area contributed by atoms with E-state index in [2.05, 4.69) is 64.8 Å². The van der Waals surface area contributed by atoms with Gasteiger partial charge < -0.3 is 14.6 Å². The van der Waals surface area contributed by atoms with E-state index < -0.39 is 5.91 Å². The molecule has 1 aliphatic heterocycles. The molecule has 3 heterocycles. The molecule has 0 bridgehead atoms. The minimum Gasteiger partial charge on any atom is -0.455 e. The van der Waals surface area contributed by atoms with Crippen LogP contribution in [0, 0.1) is 12.3 Å². The molecular formula is C34H39N5O3. The summed E-state index contributed by atoms with van der Waals surface area (Å²) in [6.45, 7) is 11.6. The fraction of sp³-hybridized carbons (Fsp3) is 0.353. The standard InChI is InChI=1S/C34H39N5O3/c1-23-4-6-24(7-5-23)30-20-34(2,3)12-10-26(30)22-38-14-16-39(17-15-38)27-8-9-29(33(40)37-41)31(19-27)42-28-18-25-11-13-35-32(25)36-21-28/h4-9,11,13,18-19,21,41H,10,12,14-17,20,22H2,1-3H3,(H,35,36)(H,37,40). The molecule has 6 rings (SSSR count). The van der Waals surface area contributed by atoms with Crippen molar-refractivity contribution in [3.05, 3.63) is 89.3 Å². The van der Waals surface area contributed by atoms with E-state index in [0.717, 1.165) is 62.3 Å². The predicted octanol–water partition coefficient (Wildman–Crippen LogP) is 6.57. The number of aromatic nitrogens is 2. The zero-order valence-electron chi connectivity index (χ0n) is 24.6. The second kappa shape index (κ2) is 11.6. The quantitative estimate of drug-likeness (QED) is 0.173. The number of piperazine rings is 1. The largest absolute Gasteiger partial charge is 0.455 e. The molecule has 1 amide bonds. The molecule has 1 saturated heterocycles. The molecule has 1 fully saturated rings. The third kappa shape index (κ3) is 6.05. The van der Waals surface area contributed by atoms with Gasteiger partial charge in [-0.15, -0.1) is 0 Å². The van der Waals surface area contributed by atoms with Crippen LogP contribution >= 0.6 is 0 Å². The first-order chi connectivity index (χ1) is 20.3. The van der Waals surface area contributed by atoms with Crippen LogP contribution in [-0.4, -0.2) is 58.7 Å². The topological polar surface area (TPSA) is 93.7 Å². The lowest BCUT2D eigenvalue weighted by molar-refractivity contribution is 0.0704. The first-order valence-electron chi connectivity index (χ1n) is 14.7. The fourth-order valence-electron chi connectivity index (χ4n) is 6.14. The number of nitrogens with one attached hydrogen (secondary N) is 2. The number of carbonyl (C=O) groups is 1. The number of ether oxygens (including phenoxy) is 1. The van der Waals surface area contributed by atoms with Crippen molar-refractivity contribution >= 4 is 28.2 Å².